The predicted molar refractivity (Wildman–Crippen MR) is 55.3 cm³/mol. The number of ether oxygens (including phenoxy) is 2. The monoisotopic (exact) mass is 210 g/mol. The molecule has 0 spiro atoms. The minimum absolute atomic E-state index is 0.241. The van der Waals surface area contributed by atoms with E-state index in [-0.39, 0.29) is 5.56 Å². The van der Waals surface area contributed by atoms with Crippen LogP contribution in [0.15, 0.2) is 18.2 Å². The van der Waals surface area contributed by atoms with Crippen molar-refractivity contribution in [2.45, 2.75) is 13.5 Å². The van der Waals surface area contributed by atoms with Gasteiger partial charge in [-0.25, -0.2) is 4.79 Å². The highest BCUT2D eigenvalue weighted by atomic mass is 16.5. The number of aromatic carboxylic acids is 1. The van der Waals surface area contributed by atoms with Gasteiger partial charge in [-0.15, -0.1) is 0 Å². The van der Waals surface area contributed by atoms with E-state index in [0.717, 1.165) is 5.56 Å². The lowest BCUT2D eigenvalue weighted by atomic mass is 10.1. The Morgan fingerprint density at radius 3 is 2.73 bits per heavy atom. The third-order valence-corrected chi connectivity index (χ3v) is 1.99. The Balaban J connectivity index is 2.96. The summed E-state index contributed by atoms with van der Waals surface area (Å²) in [5, 5.41) is 8.82. The van der Waals surface area contributed by atoms with E-state index in [1.54, 1.807) is 19.2 Å². The van der Waals surface area contributed by atoms with Crippen LogP contribution in [0.1, 0.15) is 22.8 Å². The van der Waals surface area contributed by atoms with Crippen molar-refractivity contribution in [3.8, 4) is 5.75 Å². The molecule has 0 aliphatic carbocycles. The van der Waals surface area contributed by atoms with Gasteiger partial charge in [0.2, 0.25) is 0 Å². The largest absolute Gasteiger partial charge is 0.496 e. The van der Waals surface area contributed by atoms with Crippen molar-refractivity contribution in [1.29, 1.82) is 0 Å². The van der Waals surface area contributed by atoms with E-state index < -0.39 is 5.97 Å². The summed E-state index contributed by atoms with van der Waals surface area (Å²) in [4.78, 5) is 10.7. The molecule has 1 N–H and O–H groups in total. The first-order chi connectivity index (χ1) is 7.19. The summed E-state index contributed by atoms with van der Waals surface area (Å²) in [6, 6.07) is 4.71. The predicted octanol–water partition coefficient (Wildman–Crippen LogP) is 1.93. The number of benzene rings is 1. The van der Waals surface area contributed by atoms with Crippen LogP contribution in [0, 0.1) is 0 Å². The molecule has 15 heavy (non-hydrogen) atoms. The van der Waals surface area contributed by atoms with E-state index in [2.05, 4.69) is 0 Å². The topological polar surface area (TPSA) is 55.8 Å². The van der Waals surface area contributed by atoms with Crippen LogP contribution in [0.5, 0.6) is 5.75 Å². The molecule has 0 heterocycles. The van der Waals surface area contributed by atoms with Crippen molar-refractivity contribution < 1.29 is 19.4 Å². The van der Waals surface area contributed by atoms with Crippen LogP contribution in [0.3, 0.4) is 0 Å². The van der Waals surface area contributed by atoms with E-state index in [1.807, 2.05) is 6.92 Å². The van der Waals surface area contributed by atoms with Gasteiger partial charge in [-0.1, -0.05) is 0 Å². The summed E-state index contributed by atoms with van der Waals surface area (Å²) >= 11 is 0. The zero-order valence-electron chi connectivity index (χ0n) is 8.82. The first-order valence-corrected chi connectivity index (χ1v) is 4.67. The maximum Gasteiger partial charge on any atom is 0.335 e. The maximum absolute atomic E-state index is 10.7. The number of methoxy groups -OCH3 is 1. The maximum atomic E-state index is 10.7. The SMILES string of the molecule is CCOCc1cc(C(=O)O)ccc1OC. The van der Waals surface area contributed by atoms with Gasteiger partial charge in [-0.3, -0.25) is 0 Å². The quantitative estimate of drug-likeness (QED) is 0.806. The molecule has 1 rings (SSSR count). The number of carbonyl (C=O) groups is 1. The first-order valence-electron chi connectivity index (χ1n) is 4.67. The van der Waals surface area contributed by atoms with Crippen LogP contribution < -0.4 is 4.74 Å². The smallest absolute Gasteiger partial charge is 0.335 e. The van der Waals surface area contributed by atoms with E-state index in [4.69, 9.17) is 14.6 Å². The van der Waals surface area contributed by atoms with Gasteiger partial charge in [0.25, 0.3) is 0 Å². The fourth-order valence-electron chi connectivity index (χ4n) is 1.24. The van der Waals surface area contributed by atoms with Crippen LogP contribution in [-0.2, 0) is 11.3 Å². The Morgan fingerprint density at radius 1 is 1.47 bits per heavy atom. The van der Waals surface area contributed by atoms with Crippen LogP contribution >= 0.6 is 0 Å². The van der Waals surface area contributed by atoms with Gasteiger partial charge in [0, 0.05) is 12.2 Å². The Kier molecular flexibility index (Phi) is 4.12. The van der Waals surface area contributed by atoms with Crippen molar-refractivity contribution >= 4 is 5.97 Å². The Morgan fingerprint density at radius 2 is 2.20 bits per heavy atom. The Labute approximate surface area is 88.4 Å². The van der Waals surface area contributed by atoms with Crippen molar-refractivity contribution in [2.75, 3.05) is 13.7 Å². The lowest BCUT2D eigenvalue weighted by molar-refractivity contribution is 0.0696. The average molecular weight is 210 g/mol. The lowest BCUT2D eigenvalue weighted by Crippen LogP contribution is -2.01. The molecule has 0 fully saturated rings. The molecule has 1 aromatic rings. The summed E-state index contributed by atoms with van der Waals surface area (Å²) in [6.07, 6.45) is 0. The standard InChI is InChI=1S/C11H14O4/c1-3-15-7-9-6-8(11(12)13)4-5-10(9)14-2/h4-6H,3,7H2,1-2H3,(H,12,13). The summed E-state index contributed by atoms with van der Waals surface area (Å²) in [5.41, 5.74) is 0.991. The Hall–Kier alpha value is -1.55. The molecule has 1 aromatic carbocycles. The molecule has 0 aromatic heterocycles. The Bertz CT molecular complexity index is 346. The number of carboxylic acids is 1. The third-order valence-electron chi connectivity index (χ3n) is 1.99. The fraction of sp³-hybridized carbons (Fsp3) is 0.364. The average Bonchev–Trinajstić information content (AvgIpc) is 2.25. The van der Waals surface area contributed by atoms with E-state index in [1.165, 1.54) is 6.07 Å². The molecule has 0 bridgehead atoms. The molecule has 0 amide bonds. The van der Waals surface area contributed by atoms with Crippen molar-refractivity contribution in [3.63, 3.8) is 0 Å². The zero-order chi connectivity index (χ0) is 11.3. The minimum Gasteiger partial charge on any atom is -0.496 e. The number of rotatable bonds is 5. The van der Waals surface area contributed by atoms with E-state index in [9.17, 15) is 4.79 Å². The molecular formula is C11H14O4. The molecule has 4 nitrogen and oxygen atoms in total. The zero-order valence-corrected chi connectivity index (χ0v) is 8.82. The van der Waals surface area contributed by atoms with Gasteiger partial charge in [0.1, 0.15) is 5.75 Å². The molecular weight excluding hydrogens is 196 g/mol. The van der Waals surface area contributed by atoms with E-state index >= 15 is 0 Å². The lowest BCUT2D eigenvalue weighted by Gasteiger charge is -2.09. The first kappa shape index (κ1) is 11.5. The second-order valence-corrected chi connectivity index (χ2v) is 2.97. The van der Waals surface area contributed by atoms with Crippen molar-refractivity contribution in [3.05, 3.63) is 29.3 Å². The van der Waals surface area contributed by atoms with Gasteiger partial charge in [0.05, 0.1) is 19.3 Å². The summed E-state index contributed by atoms with van der Waals surface area (Å²) in [7, 11) is 1.55. The highest BCUT2D eigenvalue weighted by molar-refractivity contribution is 5.88. The molecule has 0 atom stereocenters. The van der Waals surface area contributed by atoms with Crippen molar-refractivity contribution in [1.82, 2.24) is 0 Å². The van der Waals surface area contributed by atoms with Crippen molar-refractivity contribution in [2.24, 2.45) is 0 Å². The van der Waals surface area contributed by atoms with Gasteiger partial charge in [0.15, 0.2) is 0 Å². The highest BCUT2D eigenvalue weighted by Crippen LogP contribution is 2.20. The van der Waals surface area contributed by atoms with E-state index in [0.29, 0.717) is 19.0 Å². The molecule has 0 aliphatic heterocycles. The highest BCUT2D eigenvalue weighted by Gasteiger charge is 2.08. The third kappa shape index (κ3) is 2.95. The van der Waals surface area contributed by atoms with Crippen LogP contribution in [0.2, 0.25) is 0 Å². The number of hydrogen-bond acceptors (Lipinski definition) is 3. The molecule has 82 valence electrons. The molecule has 0 unspecified atom stereocenters. The minimum atomic E-state index is -0.949. The molecule has 0 saturated carbocycles. The molecule has 4 heteroatoms. The van der Waals surface area contributed by atoms with Gasteiger partial charge < -0.3 is 14.6 Å². The van der Waals surface area contributed by atoms with Gasteiger partial charge in [-0.2, -0.15) is 0 Å². The summed E-state index contributed by atoms with van der Waals surface area (Å²) in [6.45, 7) is 2.83. The normalized spacial score (nSPS) is 10.0. The molecule has 0 saturated heterocycles. The molecule has 0 radical (unpaired) electrons. The summed E-state index contributed by atoms with van der Waals surface area (Å²) in [5.74, 6) is -0.302. The van der Waals surface area contributed by atoms with Gasteiger partial charge in [-0.05, 0) is 25.1 Å². The second-order valence-electron chi connectivity index (χ2n) is 2.97. The van der Waals surface area contributed by atoms with Crippen LogP contribution in [0.4, 0.5) is 0 Å². The fourth-order valence-corrected chi connectivity index (χ4v) is 1.24. The van der Waals surface area contributed by atoms with Crippen LogP contribution in [0.25, 0.3) is 0 Å². The number of hydrogen-bond donors (Lipinski definition) is 1. The second kappa shape index (κ2) is 5.36. The van der Waals surface area contributed by atoms with Gasteiger partial charge >= 0.3 is 5.97 Å². The summed E-state index contributed by atoms with van der Waals surface area (Å²) < 4.78 is 10.3. The number of carboxylic acid groups (broad SMARTS) is 1. The molecule has 0 aliphatic rings. The van der Waals surface area contributed by atoms with Crippen LogP contribution in [-0.4, -0.2) is 24.8 Å².